The number of likely N-dealkylation sites (tertiary alicyclic amines) is 1. The third-order valence-corrected chi connectivity index (χ3v) is 3.30. The summed E-state index contributed by atoms with van der Waals surface area (Å²) in [6.07, 6.45) is 1.55. The van der Waals surface area contributed by atoms with Gasteiger partial charge >= 0.3 is 0 Å². The fourth-order valence-corrected chi connectivity index (χ4v) is 2.30. The second-order valence-corrected chi connectivity index (χ2v) is 4.63. The number of hydrogen-bond donors (Lipinski definition) is 2. The molecule has 0 saturated carbocycles. The number of nitrogens with two attached hydrogens (primary N) is 1. The van der Waals surface area contributed by atoms with Crippen LogP contribution in [0.3, 0.4) is 0 Å². The Morgan fingerprint density at radius 2 is 2.05 bits per heavy atom. The van der Waals surface area contributed by atoms with E-state index in [1.54, 1.807) is 0 Å². The third-order valence-electron chi connectivity index (χ3n) is 3.30. The zero-order valence-electron chi connectivity index (χ0n) is 10.5. The van der Waals surface area contributed by atoms with Gasteiger partial charge in [0.1, 0.15) is 6.04 Å². The van der Waals surface area contributed by atoms with E-state index in [1.165, 1.54) is 11.3 Å². The highest BCUT2D eigenvalue weighted by Gasteiger charge is 2.39. The number of nitrogens with zero attached hydrogens (tertiary/aromatic N) is 1. The number of primary amides is 1. The van der Waals surface area contributed by atoms with E-state index >= 15 is 0 Å². The van der Waals surface area contributed by atoms with Gasteiger partial charge in [-0.1, -0.05) is 30.3 Å². The van der Waals surface area contributed by atoms with Gasteiger partial charge in [0.2, 0.25) is 11.8 Å². The largest absolute Gasteiger partial charge is 0.390 e. The molecule has 0 spiro atoms. The number of aliphatic hydroxyl groups excluding tert-OH is 1. The number of benzene rings is 1. The predicted molar refractivity (Wildman–Crippen MR) is 69.8 cm³/mol. The molecule has 1 aromatic carbocycles. The first-order chi connectivity index (χ1) is 9.09. The van der Waals surface area contributed by atoms with Crippen LogP contribution in [0.15, 0.2) is 30.3 Å². The van der Waals surface area contributed by atoms with Crippen LogP contribution in [0.1, 0.15) is 12.0 Å². The molecule has 2 rings (SSSR count). The van der Waals surface area contributed by atoms with Crippen molar-refractivity contribution < 1.29 is 14.7 Å². The van der Waals surface area contributed by atoms with Crippen molar-refractivity contribution in [2.75, 3.05) is 6.54 Å². The first-order valence-corrected chi connectivity index (χ1v) is 6.24. The maximum Gasteiger partial charge on any atom is 0.242 e. The average molecular weight is 261 g/mol. The topological polar surface area (TPSA) is 83.6 Å². The Balaban J connectivity index is 1.95. The molecule has 19 heavy (non-hydrogen) atoms. The van der Waals surface area contributed by atoms with E-state index in [9.17, 15) is 14.7 Å². The fourth-order valence-electron chi connectivity index (χ4n) is 2.30. The van der Waals surface area contributed by atoms with Crippen LogP contribution in [0.4, 0.5) is 0 Å². The lowest BCUT2D eigenvalue weighted by Gasteiger charge is -2.23. The second kappa shape index (κ2) is 5.84. The second-order valence-electron chi connectivity index (χ2n) is 4.63. The van der Waals surface area contributed by atoms with Gasteiger partial charge in [0.05, 0.1) is 12.5 Å². The van der Waals surface area contributed by atoms with Crippen LogP contribution >= 0.6 is 0 Å². The summed E-state index contributed by atoms with van der Waals surface area (Å²) in [5, 5.41) is 9.66. The van der Waals surface area contributed by atoms with Gasteiger partial charge in [-0.05, 0) is 18.4 Å². The maximum absolute atomic E-state index is 12.0. The Morgan fingerprint density at radius 1 is 1.37 bits per heavy atom. The minimum absolute atomic E-state index is 0.260. The summed E-state index contributed by atoms with van der Waals surface area (Å²) in [7, 11) is 0. The molecule has 2 amide bonds. The number of carbonyl (C=O) groups excluding carboxylic acids is 2. The van der Waals surface area contributed by atoms with Gasteiger partial charge in [-0.15, -0.1) is 0 Å². The van der Waals surface area contributed by atoms with E-state index in [-0.39, 0.29) is 5.91 Å². The molecule has 2 atom stereocenters. The maximum atomic E-state index is 12.0. The molecule has 0 aromatic heterocycles. The normalized spacial score (nSPS) is 22.5. The van der Waals surface area contributed by atoms with Crippen LogP contribution in [0.5, 0.6) is 0 Å². The molecule has 1 fully saturated rings. The molecule has 5 heteroatoms. The third kappa shape index (κ3) is 3.12. The SMILES string of the molecule is NC(=O)C1[C@@H](O)CCN1C(=O)[CH]Cc1ccccc1. The van der Waals surface area contributed by atoms with Crippen LogP contribution in [-0.4, -0.2) is 40.5 Å². The molecule has 0 bridgehead atoms. The Hall–Kier alpha value is -1.88. The number of carbonyl (C=O) groups is 2. The molecule has 3 N–H and O–H groups in total. The molecule has 1 unspecified atom stereocenters. The van der Waals surface area contributed by atoms with Crippen molar-refractivity contribution >= 4 is 11.8 Å². The molecule has 1 aliphatic rings. The molecule has 1 heterocycles. The van der Waals surface area contributed by atoms with E-state index in [1.807, 2.05) is 30.3 Å². The summed E-state index contributed by atoms with van der Waals surface area (Å²) in [4.78, 5) is 24.6. The summed E-state index contributed by atoms with van der Waals surface area (Å²) in [5.41, 5.74) is 6.24. The minimum atomic E-state index is -0.903. The first kappa shape index (κ1) is 13.5. The molecule has 1 radical (unpaired) electrons. The predicted octanol–water partition coefficient (Wildman–Crippen LogP) is -0.120. The fraction of sp³-hybridized carbons (Fsp3) is 0.357. The Morgan fingerprint density at radius 3 is 2.68 bits per heavy atom. The van der Waals surface area contributed by atoms with Crippen molar-refractivity contribution in [2.24, 2.45) is 5.73 Å². The lowest BCUT2D eigenvalue weighted by Crippen LogP contribution is -2.48. The quantitative estimate of drug-likeness (QED) is 0.792. The van der Waals surface area contributed by atoms with E-state index < -0.39 is 18.1 Å². The van der Waals surface area contributed by atoms with Gasteiger partial charge in [-0.3, -0.25) is 9.59 Å². The van der Waals surface area contributed by atoms with Gasteiger partial charge in [-0.25, -0.2) is 0 Å². The molecule has 1 aromatic rings. The first-order valence-electron chi connectivity index (χ1n) is 6.24. The lowest BCUT2D eigenvalue weighted by molar-refractivity contribution is -0.136. The van der Waals surface area contributed by atoms with Crippen molar-refractivity contribution in [2.45, 2.75) is 25.0 Å². The average Bonchev–Trinajstić information content (AvgIpc) is 2.79. The summed E-state index contributed by atoms with van der Waals surface area (Å²) in [6.45, 7) is 0.360. The van der Waals surface area contributed by atoms with Gasteiger partial charge < -0.3 is 15.7 Å². The van der Waals surface area contributed by atoms with Gasteiger partial charge in [0, 0.05) is 6.54 Å². The van der Waals surface area contributed by atoms with Gasteiger partial charge in [0.25, 0.3) is 0 Å². The van der Waals surface area contributed by atoms with E-state index in [0.717, 1.165) is 5.56 Å². The highest BCUT2D eigenvalue weighted by Crippen LogP contribution is 2.19. The van der Waals surface area contributed by atoms with Crippen molar-refractivity contribution in [3.8, 4) is 0 Å². The Bertz CT molecular complexity index is 461. The van der Waals surface area contributed by atoms with Crippen molar-refractivity contribution in [3.05, 3.63) is 42.3 Å². The number of aliphatic hydroxyl groups is 1. The zero-order chi connectivity index (χ0) is 13.8. The van der Waals surface area contributed by atoms with Crippen LogP contribution in [0.25, 0.3) is 0 Å². The smallest absolute Gasteiger partial charge is 0.242 e. The van der Waals surface area contributed by atoms with Gasteiger partial charge in [0.15, 0.2) is 0 Å². The summed E-state index contributed by atoms with van der Waals surface area (Å²) >= 11 is 0. The molecule has 1 saturated heterocycles. The molecule has 1 aliphatic heterocycles. The van der Waals surface area contributed by atoms with Crippen molar-refractivity contribution in [1.82, 2.24) is 4.90 Å². The summed E-state index contributed by atoms with van der Waals surface area (Å²) in [6, 6.07) is 8.66. The molecule has 101 valence electrons. The van der Waals surface area contributed by atoms with E-state index in [2.05, 4.69) is 0 Å². The summed E-state index contributed by atoms with van der Waals surface area (Å²) in [5.74, 6) is -0.921. The number of amides is 2. The highest BCUT2D eigenvalue weighted by molar-refractivity contribution is 5.91. The van der Waals surface area contributed by atoms with E-state index in [0.29, 0.717) is 19.4 Å². The zero-order valence-corrected chi connectivity index (χ0v) is 10.5. The van der Waals surface area contributed by atoms with Crippen molar-refractivity contribution in [1.29, 1.82) is 0 Å². The number of hydrogen-bond acceptors (Lipinski definition) is 3. The van der Waals surface area contributed by atoms with Crippen LogP contribution in [-0.2, 0) is 16.0 Å². The molecular formula is C14H17N2O3. The van der Waals surface area contributed by atoms with Gasteiger partial charge in [-0.2, -0.15) is 0 Å². The Labute approximate surface area is 112 Å². The van der Waals surface area contributed by atoms with E-state index in [4.69, 9.17) is 5.73 Å². The monoisotopic (exact) mass is 261 g/mol. The molecule has 0 aliphatic carbocycles. The lowest BCUT2D eigenvalue weighted by atomic mass is 10.1. The minimum Gasteiger partial charge on any atom is -0.390 e. The molecule has 5 nitrogen and oxygen atoms in total. The Kier molecular flexibility index (Phi) is 4.16. The molecular weight excluding hydrogens is 244 g/mol. The highest BCUT2D eigenvalue weighted by atomic mass is 16.3. The standard InChI is InChI=1S/C14H17N2O3/c15-14(19)13-11(17)8-9-16(13)12(18)7-6-10-4-2-1-3-5-10/h1-5,7,11,13,17H,6,8-9H2,(H2,15,19)/t11-,13?/m0/s1. The van der Waals surface area contributed by atoms with Crippen LogP contribution in [0, 0.1) is 6.42 Å². The van der Waals surface area contributed by atoms with Crippen molar-refractivity contribution in [3.63, 3.8) is 0 Å². The van der Waals surface area contributed by atoms with Crippen LogP contribution < -0.4 is 5.73 Å². The van der Waals surface area contributed by atoms with Crippen LogP contribution in [0.2, 0.25) is 0 Å². The summed E-state index contributed by atoms with van der Waals surface area (Å²) < 4.78 is 0. The number of rotatable bonds is 4.